The molecular formula is C15H19N3S. The summed E-state index contributed by atoms with van der Waals surface area (Å²) in [4.78, 5) is 1.41. The minimum Gasteiger partial charge on any atom is -0.376 e. The van der Waals surface area contributed by atoms with Crippen LogP contribution >= 0.6 is 11.8 Å². The monoisotopic (exact) mass is 273 g/mol. The second-order valence-electron chi connectivity index (χ2n) is 5.17. The molecule has 3 nitrogen and oxygen atoms in total. The molecule has 0 spiro atoms. The van der Waals surface area contributed by atoms with Crippen molar-refractivity contribution in [2.24, 2.45) is 0 Å². The number of nitrogens with zero attached hydrogens (tertiary/aromatic N) is 2. The molecule has 1 aromatic carbocycles. The third kappa shape index (κ3) is 2.63. The van der Waals surface area contributed by atoms with Gasteiger partial charge in [0, 0.05) is 22.9 Å². The lowest BCUT2D eigenvalue weighted by Gasteiger charge is -2.26. The SMILES string of the molecule is CC(C)n1cc(NC2CCSc3ccccc32)cn1. The lowest BCUT2D eigenvalue weighted by atomic mass is 10.0. The maximum Gasteiger partial charge on any atom is 0.0731 e. The Morgan fingerprint density at radius 3 is 3.00 bits per heavy atom. The number of aromatic nitrogens is 2. The maximum atomic E-state index is 4.39. The number of hydrogen-bond donors (Lipinski definition) is 1. The van der Waals surface area contributed by atoms with Gasteiger partial charge in [-0.1, -0.05) is 18.2 Å². The van der Waals surface area contributed by atoms with Gasteiger partial charge in [-0.2, -0.15) is 5.10 Å². The standard InChI is InChI=1S/C15H19N3S/c1-11(2)18-10-12(9-16-18)17-14-7-8-19-15-6-4-3-5-13(14)15/h3-6,9-11,14,17H,7-8H2,1-2H3. The molecule has 0 saturated heterocycles. The first-order valence-electron chi connectivity index (χ1n) is 6.76. The highest BCUT2D eigenvalue weighted by atomic mass is 32.2. The Hall–Kier alpha value is -1.42. The Morgan fingerprint density at radius 1 is 1.37 bits per heavy atom. The van der Waals surface area contributed by atoms with Crippen LogP contribution in [-0.2, 0) is 0 Å². The van der Waals surface area contributed by atoms with E-state index in [0.717, 1.165) is 12.1 Å². The molecule has 1 aliphatic heterocycles. The van der Waals surface area contributed by atoms with Gasteiger partial charge in [0.15, 0.2) is 0 Å². The summed E-state index contributed by atoms with van der Waals surface area (Å²) >= 11 is 1.95. The van der Waals surface area contributed by atoms with Crippen molar-refractivity contribution in [3.63, 3.8) is 0 Å². The average Bonchev–Trinajstić information content (AvgIpc) is 2.88. The van der Waals surface area contributed by atoms with E-state index in [2.05, 4.69) is 54.7 Å². The molecule has 0 radical (unpaired) electrons. The zero-order chi connectivity index (χ0) is 13.2. The third-order valence-electron chi connectivity index (χ3n) is 3.43. The number of anilines is 1. The molecule has 1 atom stereocenters. The van der Waals surface area contributed by atoms with Gasteiger partial charge in [0.05, 0.1) is 17.9 Å². The molecule has 0 aliphatic carbocycles. The van der Waals surface area contributed by atoms with E-state index in [4.69, 9.17) is 0 Å². The lowest BCUT2D eigenvalue weighted by Crippen LogP contribution is -2.15. The van der Waals surface area contributed by atoms with Crippen molar-refractivity contribution in [2.75, 3.05) is 11.1 Å². The topological polar surface area (TPSA) is 29.9 Å². The molecule has 1 aromatic heterocycles. The first-order valence-corrected chi connectivity index (χ1v) is 7.75. The van der Waals surface area contributed by atoms with Gasteiger partial charge in [-0.05, 0) is 31.9 Å². The number of rotatable bonds is 3. The van der Waals surface area contributed by atoms with E-state index >= 15 is 0 Å². The molecule has 1 aliphatic rings. The summed E-state index contributed by atoms with van der Waals surface area (Å²) in [5.74, 6) is 1.17. The number of benzene rings is 1. The maximum absolute atomic E-state index is 4.39. The molecule has 100 valence electrons. The van der Waals surface area contributed by atoms with E-state index in [1.807, 2.05) is 22.6 Å². The molecule has 3 rings (SSSR count). The smallest absolute Gasteiger partial charge is 0.0731 e. The third-order valence-corrected chi connectivity index (χ3v) is 4.55. The summed E-state index contributed by atoms with van der Waals surface area (Å²) in [6.45, 7) is 4.28. The van der Waals surface area contributed by atoms with Crippen LogP contribution in [0.5, 0.6) is 0 Å². The van der Waals surface area contributed by atoms with Crippen molar-refractivity contribution in [2.45, 2.75) is 37.2 Å². The highest BCUT2D eigenvalue weighted by Crippen LogP contribution is 2.37. The van der Waals surface area contributed by atoms with Gasteiger partial charge in [0.1, 0.15) is 0 Å². The predicted octanol–water partition coefficient (Wildman–Crippen LogP) is 4.11. The molecule has 19 heavy (non-hydrogen) atoms. The highest BCUT2D eigenvalue weighted by Gasteiger charge is 2.20. The van der Waals surface area contributed by atoms with Crippen molar-refractivity contribution in [3.05, 3.63) is 42.2 Å². The first kappa shape index (κ1) is 12.6. The fourth-order valence-electron chi connectivity index (χ4n) is 2.39. The molecule has 0 fully saturated rings. The molecule has 2 aromatic rings. The highest BCUT2D eigenvalue weighted by molar-refractivity contribution is 7.99. The molecular weight excluding hydrogens is 254 g/mol. The van der Waals surface area contributed by atoms with Crippen molar-refractivity contribution in [1.29, 1.82) is 0 Å². The normalized spacial score (nSPS) is 18.4. The summed E-state index contributed by atoms with van der Waals surface area (Å²) < 4.78 is 1.99. The van der Waals surface area contributed by atoms with Crippen LogP contribution in [0.2, 0.25) is 0 Å². The molecule has 0 bridgehead atoms. The van der Waals surface area contributed by atoms with Gasteiger partial charge in [0.2, 0.25) is 0 Å². The molecule has 0 saturated carbocycles. The minimum absolute atomic E-state index is 0.405. The quantitative estimate of drug-likeness (QED) is 0.912. The van der Waals surface area contributed by atoms with Crippen LogP contribution in [0.4, 0.5) is 5.69 Å². The van der Waals surface area contributed by atoms with Crippen molar-refractivity contribution < 1.29 is 0 Å². The van der Waals surface area contributed by atoms with Crippen LogP contribution in [-0.4, -0.2) is 15.5 Å². The number of hydrogen-bond acceptors (Lipinski definition) is 3. The summed E-state index contributed by atoms with van der Waals surface area (Å²) in [7, 11) is 0. The van der Waals surface area contributed by atoms with Crippen molar-refractivity contribution in [3.8, 4) is 0 Å². The second-order valence-corrected chi connectivity index (χ2v) is 6.31. The summed E-state index contributed by atoms with van der Waals surface area (Å²) in [5, 5.41) is 8.00. The molecule has 4 heteroatoms. The summed E-state index contributed by atoms with van der Waals surface area (Å²) in [5.41, 5.74) is 2.52. The fourth-order valence-corrected chi connectivity index (χ4v) is 3.51. The molecule has 1 N–H and O–H groups in total. The van der Waals surface area contributed by atoms with Crippen molar-refractivity contribution >= 4 is 17.4 Å². The van der Waals surface area contributed by atoms with Gasteiger partial charge in [0.25, 0.3) is 0 Å². The van der Waals surface area contributed by atoms with E-state index in [-0.39, 0.29) is 0 Å². The van der Waals surface area contributed by atoms with Crippen LogP contribution in [0.1, 0.15) is 37.9 Å². The molecule has 0 amide bonds. The first-order chi connectivity index (χ1) is 9.24. The Balaban J connectivity index is 1.80. The van der Waals surface area contributed by atoms with E-state index in [9.17, 15) is 0 Å². The second kappa shape index (κ2) is 5.29. The van der Waals surface area contributed by atoms with Crippen molar-refractivity contribution in [1.82, 2.24) is 9.78 Å². The number of fused-ring (bicyclic) bond motifs is 1. The van der Waals surface area contributed by atoms with E-state index in [1.54, 1.807) is 0 Å². The van der Waals surface area contributed by atoms with Gasteiger partial charge in [-0.25, -0.2) is 0 Å². The Kier molecular flexibility index (Phi) is 3.51. The minimum atomic E-state index is 0.405. The Labute approximate surface area is 118 Å². The molecule has 1 unspecified atom stereocenters. The zero-order valence-corrected chi connectivity index (χ0v) is 12.2. The summed E-state index contributed by atoms with van der Waals surface area (Å²) in [6, 6.07) is 9.49. The van der Waals surface area contributed by atoms with Gasteiger partial charge >= 0.3 is 0 Å². The number of nitrogens with one attached hydrogen (secondary N) is 1. The lowest BCUT2D eigenvalue weighted by molar-refractivity contribution is 0.532. The Morgan fingerprint density at radius 2 is 2.21 bits per heavy atom. The van der Waals surface area contributed by atoms with Crippen LogP contribution in [0.25, 0.3) is 0 Å². The van der Waals surface area contributed by atoms with Gasteiger partial charge in [-0.3, -0.25) is 4.68 Å². The molecule has 2 heterocycles. The van der Waals surface area contributed by atoms with Gasteiger partial charge in [-0.15, -0.1) is 11.8 Å². The van der Waals surface area contributed by atoms with Gasteiger partial charge < -0.3 is 5.32 Å². The number of thioether (sulfide) groups is 1. The van der Waals surface area contributed by atoms with Crippen LogP contribution in [0.15, 0.2) is 41.6 Å². The van der Waals surface area contributed by atoms with E-state index < -0.39 is 0 Å². The van der Waals surface area contributed by atoms with Crippen LogP contribution in [0.3, 0.4) is 0 Å². The largest absolute Gasteiger partial charge is 0.376 e. The van der Waals surface area contributed by atoms with Crippen LogP contribution in [0, 0.1) is 0 Å². The fraction of sp³-hybridized carbons (Fsp3) is 0.400. The predicted molar refractivity (Wildman–Crippen MR) is 80.8 cm³/mol. The summed E-state index contributed by atoms with van der Waals surface area (Å²) in [6.07, 6.45) is 5.17. The van der Waals surface area contributed by atoms with Crippen LogP contribution < -0.4 is 5.32 Å². The zero-order valence-electron chi connectivity index (χ0n) is 11.3. The van der Waals surface area contributed by atoms with E-state index in [0.29, 0.717) is 12.1 Å². The Bertz CT molecular complexity index is 562. The van der Waals surface area contributed by atoms with E-state index in [1.165, 1.54) is 16.2 Å². The average molecular weight is 273 g/mol.